The number of phenolic OH excluding ortho intramolecular Hbond substituents is 1. The molecule has 0 atom stereocenters. The Morgan fingerprint density at radius 2 is 1.88 bits per heavy atom. The largest absolute Gasteiger partial charge is 0.508 e. The number of rotatable bonds is 4. The van der Waals surface area contributed by atoms with E-state index in [-0.39, 0.29) is 18.9 Å². The molecule has 0 radical (unpaired) electrons. The number of phenols is 1. The molecule has 0 heterocycles. The minimum absolute atomic E-state index is 0.0912. The molecular weight excluding hydrogens is 253 g/mol. The first-order valence-corrected chi connectivity index (χ1v) is 5.43. The summed E-state index contributed by atoms with van der Waals surface area (Å²) >= 11 is 11.0. The Hall–Kier alpha value is -0.970. The van der Waals surface area contributed by atoms with Gasteiger partial charge in [-0.05, 0) is 24.3 Å². The first kappa shape index (κ1) is 13.1. The maximum absolute atomic E-state index is 11.6. The third-order valence-corrected chi connectivity index (χ3v) is 2.31. The van der Waals surface area contributed by atoms with Gasteiger partial charge in [0, 0.05) is 12.2 Å². The summed E-state index contributed by atoms with van der Waals surface area (Å²) in [6.07, 6.45) is 0. The Balaban J connectivity index is 2.93. The molecule has 0 unspecified atom stereocenters. The van der Waals surface area contributed by atoms with Crippen LogP contribution < -0.4 is 4.90 Å². The zero-order valence-corrected chi connectivity index (χ0v) is 9.82. The molecule has 0 bridgehead atoms. The minimum Gasteiger partial charge on any atom is -0.508 e. The SMILES string of the molecule is O=C(C(Cl)Cl)N(CCO)c1ccc(O)cc1. The van der Waals surface area contributed by atoms with E-state index < -0.39 is 10.7 Å². The predicted molar refractivity (Wildman–Crippen MR) is 63.0 cm³/mol. The van der Waals surface area contributed by atoms with Crippen LogP contribution in [0, 0.1) is 0 Å². The van der Waals surface area contributed by atoms with Crippen LogP contribution in [0.3, 0.4) is 0 Å². The van der Waals surface area contributed by atoms with Crippen molar-refractivity contribution >= 4 is 34.8 Å². The molecule has 0 aliphatic heterocycles. The molecular formula is C10H11Cl2NO3. The molecule has 0 aliphatic carbocycles. The number of alkyl halides is 2. The smallest absolute Gasteiger partial charge is 0.260 e. The van der Waals surface area contributed by atoms with Crippen molar-refractivity contribution in [3.8, 4) is 5.75 Å². The van der Waals surface area contributed by atoms with Gasteiger partial charge in [0.25, 0.3) is 5.91 Å². The van der Waals surface area contributed by atoms with Crippen LogP contribution in [0.15, 0.2) is 24.3 Å². The summed E-state index contributed by atoms with van der Waals surface area (Å²) < 4.78 is 0. The number of carbonyl (C=O) groups excluding carboxylic acids is 1. The van der Waals surface area contributed by atoms with Gasteiger partial charge in [-0.3, -0.25) is 4.79 Å². The third kappa shape index (κ3) is 3.27. The van der Waals surface area contributed by atoms with E-state index in [9.17, 15) is 4.79 Å². The zero-order chi connectivity index (χ0) is 12.1. The Kier molecular flexibility index (Phi) is 4.86. The first-order chi connectivity index (χ1) is 7.56. The fourth-order valence-electron chi connectivity index (χ4n) is 1.22. The number of hydrogen-bond acceptors (Lipinski definition) is 3. The minimum atomic E-state index is -1.18. The van der Waals surface area contributed by atoms with Crippen LogP contribution in [0.1, 0.15) is 0 Å². The number of aliphatic hydroxyl groups is 1. The van der Waals surface area contributed by atoms with Crippen LogP contribution in [0.4, 0.5) is 5.69 Å². The summed E-state index contributed by atoms with van der Waals surface area (Å²) in [4.78, 5) is 11.7. The van der Waals surface area contributed by atoms with Crippen LogP contribution >= 0.6 is 23.2 Å². The molecule has 2 N–H and O–H groups in total. The lowest BCUT2D eigenvalue weighted by molar-refractivity contribution is -0.117. The van der Waals surface area contributed by atoms with Crippen LogP contribution in [-0.2, 0) is 4.79 Å². The molecule has 1 aromatic rings. The Morgan fingerprint density at radius 3 is 2.31 bits per heavy atom. The van der Waals surface area contributed by atoms with Gasteiger partial charge in [-0.2, -0.15) is 0 Å². The number of anilines is 1. The number of benzene rings is 1. The number of aliphatic hydroxyl groups excluding tert-OH is 1. The van der Waals surface area contributed by atoms with E-state index in [0.29, 0.717) is 5.69 Å². The number of nitrogens with zero attached hydrogens (tertiary/aromatic N) is 1. The Labute approximate surface area is 103 Å². The summed E-state index contributed by atoms with van der Waals surface area (Å²) in [5, 5.41) is 18.0. The second-order valence-electron chi connectivity index (χ2n) is 3.03. The van der Waals surface area contributed by atoms with E-state index in [1.807, 2.05) is 0 Å². The average molecular weight is 264 g/mol. The molecule has 0 fully saturated rings. The van der Waals surface area contributed by atoms with Crippen molar-refractivity contribution in [2.75, 3.05) is 18.1 Å². The topological polar surface area (TPSA) is 60.8 Å². The summed E-state index contributed by atoms with van der Waals surface area (Å²) in [5.74, 6) is -0.420. The Bertz CT molecular complexity index is 354. The van der Waals surface area contributed by atoms with Crippen molar-refractivity contribution < 1.29 is 15.0 Å². The highest BCUT2D eigenvalue weighted by Crippen LogP contribution is 2.20. The molecule has 88 valence electrons. The second kappa shape index (κ2) is 5.94. The van der Waals surface area contributed by atoms with Gasteiger partial charge in [0.15, 0.2) is 4.84 Å². The number of aromatic hydroxyl groups is 1. The number of hydrogen-bond donors (Lipinski definition) is 2. The molecule has 1 aromatic carbocycles. The van der Waals surface area contributed by atoms with Crippen LogP contribution in [-0.4, -0.2) is 34.1 Å². The number of halogens is 2. The number of amides is 1. The van der Waals surface area contributed by atoms with Gasteiger partial charge in [0.1, 0.15) is 5.75 Å². The van der Waals surface area contributed by atoms with Crippen molar-refractivity contribution in [2.24, 2.45) is 0 Å². The van der Waals surface area contributed by atoms with Crippen LogP contribution in [0.25, 0.3) is 0 Å². The van der Waals surface area contributed by atoms with Crippen LogP contribution in [0.5, 0.6) is 5.75 Å². The molecule has 0 aromatic heterocycles. The van der Waals surface area contributed by atoms with Gasteiger partial charge in [-0.15, -0.1) is 0 Å². The Morgan fingerprint density at radius 1 is 1.31 bits per heavy atom. The highest BCUT2D eigenvalue weighted by atomic mass is 35.5. The zero-order valence-electron chi connectivity index (χ0n) is 8.31. The number of carbonyl (C=O) groups is 1. The third-order valence-electron chi connectivity index (χ3n) is 1.94. The molecule has 0 saturated heterocycles. The fraction of sp³-hybridized carbons (Fsp3) is 0.300. The highest BCUT2D eigenvalue weighted by molar-refractivity contribution is 6.54. The van der Waals surface area contributed by atoms with Gasteiger partial charge in [-0.1, -0.05) is 23.2 Å². The standard InChI is InChI=1S/C10H11Cl2NO3/c11-9(12)10(16)13(5-6-14)7-1-3-8(15)4-2-7/h1-4,9,14-15H,5-6H2. The quantitative estimate of drug-likeness (QED) is 0.810. The summed E-state index contributed by atoms with van der Waals surface area (Å²) in [6, 6.07) is 5.95. The van der Waals surface area contributed by atoms with E-state index in [0.717, 1.165) is 0 Å². The second-order valence-corrected chi connectivity index (χ2v) is 4.13. The van der Waals surface area contributed by atoms with Crippen molar-refractivity contribution in [3.63, 3.8) is 0 Å². The average Bonchev–Trinajstić information content (AvgIpc) is 2.26. The lowest BCUT2D eigenvalue weighted by Crippen LogP contribution is -2.37. The molecule has 0 saturated carbocycles. The summed E-state index contributed by atoms with van der Waals surface area (Å²) in [5.41, 5.74) is 0.517. The van der Waals surface area contributed by atoms with E-state index >= 15 is 0 Å². The van der Waals surface area contributed by atoms with Crippen molar-refractivity contribution in [1.82, 2.24) is 0 Å². The summed E-state index contributed by atoms with van der Waals surface area (Å²) in [7, 11) is 0. The lowest BCUT2D eigenvalue weighted by atomic mass is 10.2. The maximum atomic E-state index is 11.6. The van der Waals surface area contributed by atoms with Crippen molar-refractivity contribution in [3.05, 3.63) is 24.3 Å². The van der Waals surface area contributed by atoms with Gasteiger partial charge < -0.3 is 15.1 Å². The van der Waals surface area contributed by atoms with Gasteiger partial charge in [0.2, 0.25) is 0 Å². The van der Waals surface area contributed by atoms with E-state index in [1.165, 1.54) is 17.0 Å². The predicted octanol–water partition coefficient (Wildman–Crippen LogP) is 1.52. The van der Waals surface area contributed by atoms with E-state index in [2.05, 4.69) is 0 Å². The highest BCUT2D eigenvalue weighted by Gasteiger charge is 2.21. The molecule has 1 amide bonds. The molecule has 16 heavy (non-hydrogen) atoms. The molecule has 0 aliphatic rings. The van der Waals surface area contributed by atoms with E-state index in [4.69, 9.17) is 33.4 Å². The lowest BCUT2D eigenvalue weighted by Gasteiger charge is -2.22. The monoisotopic (exact) mass is 263 g/mol. The first-order valence-electron chi connectivity index (χ1n) is 4.55. The molecule has 1 rings (SSSR count). The summed E-state index contributed by atoms with van der Waals surface area (Å²) in [6.45, 7) is -0.105. The molecule has 0 spiro atoms. The van der Waals surface area contributed by atoms with Gasteiger partial charge in [0.05, 0.1) is 6.61 Å². The van der Waals surface area contributed by atoms with Crippen molar-refractivity contribution in [2.45, 2.75) is 4.84 Å². The van der Waals surface area contributed by atoms with Crippen LogP contribution in [0.2, 0.25) is 0 Å². The van der Waals surface area contributed by atoms with Gasteiger partial charge >= 0.3 is 0 Å². The molecule has 6 heteroatoms. The molecule has 4 nitrogen and oxygen atoms in total. The fourth-order valence-corrected chi connectivity index (χ4v) is 1.45. The van der Waals surface area contributed by atoms with E-state index in [1.54, 1.807) is 12.1 Å². The normalized spacial score (nSPS) is 10.5. The van der Waals surface area contributed by atoms with Gasteiger partial charge in [-0.25, -0.2) is 0 Å². The maximum Gasteiger partial charge on any atom is 0.260 e. The van der Waals surface area contributed by atoms with Crippen molar-refractivity contribution in [1.29, 1.82) is 0 Å².